The lowest BCUT2D eigenvalue weighted by molar-refractivity contribution is -0.910. The van der Waals surface area contributed by atoms with Gasteiger partial charge in [-0.1, -0.05) is 39.2 Å². The molecule has 22 heavy (non-hydrogen) atoms. The summed E-state index contributed by atoms with van der Waals surface area (Å²) in [5.74, 6) is -0.329. The van der Waals surface area contributed by atoms with Crippen LogP contribution < -0.4 is 17.0 Å². The first kappa shape index (κ1) is 23.9. The Morgan fingerprint density at radius 2 is 1.68 bits per heavy atom. The van der Waals surface area contributed by atoms with Crippen molar-refractivity contribution in [3.8, 4) is 0 Å². The predicted molar refractivity (Wildman–Crippen MR) is 87.0 cm³/mol. The molecule has 0 saturated heterocycles. The zero-order valence-corrected chi connectivity index (χ0v) is 16.2. The minimum Gasteiger partial charge on any atom is -1.00 e. The molecule has 1 unspecified atom stereocenters. The summed E-state index contributed by atoms with van der Waals surface area (Å²) in [5.41, 5.74) is 0.433. The highest BCUT2D eigenvalue weighted by Crippen LogP contribution is 2.10. The molecule has 0 spiro atoms. The van der Waals surface area contributed by atoms with E-state index in [1.54, 1.807) is 6.92 Å². The molecule has 0 aromatic carbocycles. The number of hydrogen-bond acceptors (Lipinski definition) is 3. The Bertz CT molecular complexity index is 310. The molecule has 0 aliphatic carbocycles. The topological polar surface area (TPSA) is 46.5 Å². The standard InChI is InChI=1S/C17H34NO3.BrH/c1-5-6-7-8-9-10-11-18(4,12-14-19)13-15-21-17(20)16(2)3;/h19H,2,5-15H2,1,3-4H3;1H/q+1;/p-1. The molecule has 0 amide bonds. The van der Waals surface area contributed by atoms with E-state index in [1.165, 1.54) is 32.1 Å². The number of likely N-dealkylation sites (N-methyl/N-ethyl adjacent to an activating group) is 1. The third-order valence-corrected chi connectivity index (χ3v) is 3.90. The summed E-state index contributed by atoms with van der Waals surface area (Å²) in [6.45, 7) is 10.5. The number of halogens is 1. The summed E-state index contributed by atoms with van der Waals surface area (Å²) in [6.07, 6.45) is 7.60. The van der Waals surface area contributed by atoms with Crippen LogP contribution in [0.3, 0.4) is 0 Å². The van der Waals surface area contributed by atoms with Crippen molar-refractivity contribution < 1.29 is 36.1 Å². The lowest BCUT2D eigenvalue weighted by Gasteiger charge is -2.34. The van der Waals surface area contributed by atoms with E-state index in [0.717, 1.165) is 24.0 Å². The van der Waals surface area contributed by atoms with Crippen LogP contribution in [0.2, 0.25) is 0 Å². The number of ether oxygens (including phenoxy) is 1. The number of aliphatic hydroxyl groups is 1. The maximum absolute atomic E-state index is 11.4. The van der Waals surface area contributed by atoms with Crippen LogP contribution in [-0.2, 0) is 9.53 Å². The van der Waals surface area contributed by atoms with Crippen LogP contribution in [0.25, 0.3) is 0 Å². The second-order valence-corrected chi connectivity index (χ2v) is 6.20. The van der Waals surface area contributed by atoms with Crippen molar-refractivity contribution in [2.45, 2.75) is 52.4 Å². The Morgan fingerprint density at radius 3 is 2.23 bits per heavy atom. The molecule has 1 atom stereocenters. The number of nitrogens with zero attached hydrogens (tertiary/aromatic N) is 1. The molecule has 1 N–H and O–H groups in total. The van der Waals surface area contributed by atoms with Crippen molar-refractivity contribution in [3.05, 3.63) is 12.2 Å². The SMILES string of the molecule is C=C(C)C(=O)OCC[N+](C)(CCO)CCCCCCCC.[Br-]. The molecule has 5 heteroatoms. The van der Waals surface area contributed by atoms with Gasteiger partial charge in [-0.15, -0.1) is 0 Å². The van der Waals surface area contributed by atoms with E-state index in [9.17, 15) is 9.90 Å². The molecular weight excluding hydrogens is 346 g/mol. The van der Waals surface area contributed by atoms with Crippen LogP contribution >= 0.6 is 0 Å². The largest absolute Gasteiger partial charge is 1.00 e. The summed E-state index contributed by atoms with van der Waals surface area (Å²) >= 11 is 0. The first-order chi connectivity index (χ1) is 9.95. The van der Waals surface area contributed by atoms with Gasteiger partial charge in [0, 0.05) is 5.57 Å². The minimum absolute atomic E-state index is 0. The molecule has 0 aromatic heterocycles. The van der Waals surface area contributed by atoms with E-state index in [-0.39, 0.29) is 29.6 Å². The fraction of sp³-hybridized carbons (Fsp3) is 0.824. The molecule has 0 radical (unpaired) electrons. The van der Waals surface area contributed by atoms with E-state index >= 15 is 0 Å². The van der Waals surface area contributed by atoms with Crippen molar-refractivity contribution in [1.82, 2.24) is 0 Å². The van der Waals surface area contributed by atoms with Gasteiger partial charge in [0.05, 0.1) is 20.2 Å². The van der Waals surface area contributed by atoms with Crippen molar-refractivity contribution in [2.75, 3.05) is 39.9 Å². The van der Waals surface area contributed by atoms with Crippen molar-refractivity contribution in [2.24, 2.45) is 0 Å². The second kappa shape index (κ2) is 14.2. The van der Waals surface area contributed by atoms with Gasteiger partial charge >= 0.3 is 5.97 Å². The lowest BCUT2D eigenvalue weighted by Crippen LogP contribution is -3.00. The van der Waals surface area contributed by atoms with Crippen molar-refractivity contribution >= 4 is 5.97 Å². The van der Waals surface area contributed by atoms with Crippen molar-refractivity contribution in [1.29, 1.82) is 0 Å². The molecule has 0 saturated carbocycles. The van der Waals surface area contributed by atoms with Gasteiger partial charge in [0.25, 0.3) is 0 Å². The average Bonchev–Trinajstić information content (AvgIpc) is 2.42. The van der Waals surface area contributed by atoms with Gasteiger partial charge in [-0.05, 0) is 19.8 Å². The van der Waals surface area contributed by atoms with Crippen LogP contribution in [0.15, 0.2) is 12.2 Å². The Morgan fingerprint density at radius 1 is 1.09 bits per heavy atom. The molecule has 0 fully saturated rings. The third-order valence-electron chi connectivity index (χ3n) is 3.90. The maximum atomic E-state index is 11.4. The number of unbranched alkanes of at least 4 members (excludes halogenated alkanes) is 5. The highest BCUT2D eigenvalue weighted by Gasteiger charge is 2.21. The number of carbonyl (C=O) groups excluding carboxylic acids is 1. The van der Waals surface area contributed by atoms with Gasteiger partial charge in [-0.25, -0.2) is 4.79 Å². The van der Waals surface area contributed by atoms with Gasteiger partial charge in [0.2, 0.25) is 0 Å². The minimum atomic E-state index is -0.329. The van der Waals surface area contributed by atoms with Gasteiger partial charge in [0.1, 0.15) is 19.7 Å². The Labute approximate surface area is 146 Å². The third kappa shape index (κ3) is 12.2. The Hall–Kier alpha value is -0.390. The number of carbonyl (C=O) groups is 1. The highest BCUT2D eigenvalue weighted by atomic mass is 79.9. The molecular formula is C17H34BrNO3. The monoisotopic (exact) mass is 379 g/mol. The zero-order chi connectivity index (χ0) is 16.1. The first-order valence-corrected chi connectivity index (χ1v) is 8.22. The van der Waals surface area contributed by atoms with E-state index in [4.69, 9.17) is 4.74 Å². The van der Waals surface area contributed by atoms with Gasteiger partial charge in [-0.2, -0.15) is 0 Å². The summed E-state index contributed by atoms with van der Waals surface area (Å²) in [6, 6.07) is 0. The second-order valence-electron chi connectivity index (χ2n) is 6.20. The fourth-order valence-electron chi connectivity index (χ4n) is 2.33. The maximum Gasteiger partial charge on any atom is 0.333 e. The van der Waals surface area contributed by atoms with Crippen LogP contribution in [0.1, 0.15) is 52.4 Å². The van der Waals surface area contributed by atoms with Gasteiger partial charge in [0.15, 0.2) is 0 Å². The first-order valence-electron chi connectivity index (χ1n) is 8.22. The van der Waals surface area contributed by atoms with Crippen LogP contribution in [-0.4, -0.2) is 55.5 Å². The quantitative estimate of drug-likeness (QED) is 0.210. The Balaban J connectivity index is 0. The summed E-state index contributed by atoms with van der Waals surface area (Å²) in [4.78, 5) is 11.4. The predicted octanol–water partition coefficient (Wildman–Crippen LogP) is -0.0909. The normalized spacial score (nSPS) is 13.1. The summed E-state index contributed by atoms with van der Waals surface area (Å²) < 4.78 is 5.93. The lowest BCUT2D eigenvalue weighted by atomic mass is 10.1. The zero-order valence-electron chi connectivity index (χ0n) is 14.6. The molecule has 0 aliphatic rings. The van der Waals surface area contributed by atoms with Crippen molar-refractivity contribution in [3.63, 3.8) is 0 Å². The van der Waals surface area contributed by atoms with Crippen LogP contribution in [0, 0.1) is 0 Å². The van der Waals surface area contributed by atoms with Gasteiger partial charge < -0.3 is 31.3 Å². The summed E-state index contributed by atoms with van der Waals surface area (Å²) in [5, 5.41) is 9.23. The molecule has 0 aromatic rings. The number of aliphatic hydroxyl groups excluding tert-OH is 1. The van der Waals surface area contributed by atoms with Crippen LogP contribution in [0.4, 0.5) is 0 Å². The fourth-order valence-corrected chi connectivity index (χ4v) is 2.33. The van der Waals surface area contributed by atoms with E-state index in [2.05, 4.69) is 20.6 Å². The van der Waals surface area contributed by atoms with E-state index in [1.807, 2.05) is 0 Å². The molecule has 132 valence electrons. The number of rotatable bonds is 13. The smallest absolute Gasteiger partial charge is 0.333 e. The number of esters is 1. The summed E-state index contributed by atoms with van der Waals surface area (Å²) in [7, 11) is 2.12. The highest BCUT2D eigenvalue weighted by molar-refractivity contribution is 5.86. The number of quaternary nitrogens is 1. The molecule has 0 bridgehead atoms. The molecule has 4 nitrogen and oxygen atoms in total. The number of hydrogen-bond donors (Lipinski definition) is 1. The van der Waals surface area contributed by atoms with Crippen LogP contribution in [0.5, 0.6) is 0 Å². The molecule has 0 aliphatic heterocycles. The molecule has 0 rings (SSSR count). The van der Waals surface area contributed by atoms with Gasteiger partial charge in [-0.3, -0.25) is 0 Å². The van der Waals surface area contributed by atoms with E-state index in [0.29, 0.717) is 18.7 Å². The van der Waals surface area contributed by atoms with E-state index < -0.39 is 0 Å². The average molecular weight is 380 g/mol. The molecule has 0 heterocycles. The Kier molecular flexibility index (Phi) is 15.4.